The first-order chi connectivity index (χ1) is 12.7. The monoisotopic (exact) mass is 393 g/mol. The highest BCUT2D eigenvalue weighted by molar-refractivity contribution is 7.89. The summed E-state index contributed by atoms with van der Waals surface area (Å²) in [6.45, 7) is 4.70. The van der Waals surface area contributed by atoms with Crippen LogP contribution in [-0.2, 0) is 19.6 Å². The maximum absolute atomic E-state index is 12.2. The number of hydrogen-bond donors (Lipinski definition) is 3. The Labute approximate surface area is 158 Å². The van der Waals surface area contributed by atoms with Gasteiger partial charge < -0.3 is 15.1 Å². The molecule has 0 aliphatic rings. The number of nitrogens with one attached hydrogen (secondary N) is 3. The quantitative estimate of drug-likeness (QED) is 0.622. The molecule has 0 radical (unpaired) electrons. The Bertz CT molecular complexity index is 907. The maximum atomic E-state index is 12.2. The normalized spacial score (nSPS) is 12.4. The molecule has 2 amide bonds. The van der Waals surface area contributed by atoms with Crippen LogP contribution in [0.1, 0.15) is 29.9 Å². The van der Waals surface area contributed by atoms with Gasteiger partial charge in [-0.15, -0.1) is 0 Å². The summed E-state index contributed by atoms with van der Waals surface area (Å²) in [6, 6.07) is 7.82. The van der Waals surface area contributed by atoms with Gasteiger partial charge in [0.2, 0.25) is 21.8 Å². The van der Waals surface area contributed by atoms with E-state index >= 15 is 0 Å². The lowest BCUT2D eigenvalue weighted by atomic mass is 10.1. The summed E-state index contributed by atoms with van der Waals surface area (Å²) in [6.07, 6.45) is 1.50. The molecule has 1 heterocycles. The van der Waals surface area contributed by atoms with Crippen molar-refractivity contribution in [2.45, 2.75) is 31.7 Å². The molecule has 8 nitrogen and oxygen atoms in total. The predicted molar refractivity (Wildman–Crippen MR) is 99.4 cm³/mol. The highest BCUT2D eigenvalue weighted by Crippen LogP contribution is 2.14. The van der Waals surface area contributed by atoms with Crippen molar-refractivity contribution >= 4 is 21.8 Å². The molecular weight excluding hydrogens is 370 g/mol. The second kappa shape index (κ2) is 8.83. The highest BCUT2D eigenvalue weighted by atomic mass is 32.2. The Morgan fingerprint density at radius 3 is 2.44 bits per heavy atom. The van der Waals surface area contributed by atoms with E-state index in [1.54, 1.807) is 31.2 Å². The molecule has 3 N–H and O–H groups in total. The molecule has 0 spiro atoms. The number of carbonyl (C=O) groups is 2. The number of aryl methyl sites for hydroxylation is 2. The molecule has 1 atom stereocenters. The van der Waals surface area contributed by atoms with Crippen LogP contribution in [0, 0.1) is 13.8 Å². The molecule has 0 aliphatic heterocycles. The molecule has 0 bridgehead atoms. The van der Waals surface area contributed by atoms with Crippen LogP contribution < -0.4 is 15.4 Å². The Hall–Kier alpha value is -2.65. The summed E-state index contributed by atoms with van der Waals surface area (Å²) in [5.74, 6) is -0.427. The topological polar surface area (TPSA) is 118 Å². The van der Waals surface area contributed by atoms with Crippen molar-refractivity contribution in [3.05, 3.63) is 53.5 Å². The summed E-state index contributed by atoms with van der Waals surface area (Å²) < 4.78 is 31.9. The lowest BCUT2D eigenvalue weighted by Crippen LogP contribution is -2.42. The minimum Gasteiger partial charge on any atom is -0.467 e. The average molecular weight is 393 g/mol. The summed E-state index contributed by atoms with van der Waals surface area (Å²) in [7, 11) is -3.81. The van der Waals surface area contributed by atoms with Crippen LogP contribution in [0.3, 0.4) is 0 Å². The largest absolute Gasteiger partial charge is 0.467 e. The zero-order valence-electron chi connectivity index (χ0n) is 15.4. The third kappa shape index (κ3) is 5.93. The standard InChI is InChI=1S/C18H23N3O5S/c1-12-6-7-15(9-13(12)2)27(24,25)20-11-17(22)19-10-18(23)21-14(3)16-5-4-8-26-16/h4-9,14,20H,10-11H2,1-3H3,(H,19,22)(H,21,23)/t14-/m0/s1. The SMILES string of the molecule is Cc1ccc(S(=O)(=O)NCC(=O)NCC(=O)N[C@@H](C)c2ccco2)cc1C. The Balaban J connectivity index is 1.79. The molecule has 9 heteroatoms. The van der Waals surface area contributed by atoms with Gasteiger partial charge in [0.25, 0.3) is 0 Å². The number of amides is 2. The van der Waals surface area contributed by atoms with E-state index in [4.69, 9.17) is 4.42 Å². The van der Waals surface area contributed by atoms with Gasteiger partial charge in [0.05, 0.1) is 30.3 Å². The van der Waals surface area contributed by atoms with Crippen molar-refractivity contribution in [3.8, 4) is 0 Å². The van der Waals surface area contributed by atoms with Crippen LogP contribution in [0.4, 0.5) is 0 Å². The van der Waals surface area contributed by atoms with E-state index in [0.29, 0.717) is 5.76 Å². The van der Waals surface area contributed by atoms with Gasteiger partial charge in [-0.2, -0.15) is 0 Å². The van der Waals surface area contributed by atoms with E-state index in [0.717, 1.165) is 11.1 Å². The fraction of sp³-hybridized carbons (Fsp3) is 0.333. The molecule has 1 aromatic carbocycles. The van der Waals surface area contributed by atoms with Crippen LogP contribution in [0.25, 0.3) is 0 Å². The van der Waals surface area contributed by atoms with Gasteiger partial charge in [-0.05, 0) is 56.2 Å². The van der Waals surface area contributed by atoms with Crippen molar-refractivity contribution < 1.29 is 22.4 Å². The maximum Gasteiger partial charge on any atom is 0.241 e. The van der Waals surface area contributed by atoms with Crippen molar-refractivity contribution in [1.29, 1.82) is 0 Å². The molecule has 0 aliphatic carbocycles. The van der Waals surface area contributed by atoms with Crippen LogP contribution in [0.2, 0.25) is 0 Å². The van der Waals surface area contributed by atoms with Gasteiger partial charge >= 0.3 is 0 Å². The van der Waals surface area contributed by atoms with E-state index in [-0.39, 0.29) is 17.5 Å². The van der Waals surface area contributed by atoms with E-state index in [2.05, 4.69) is 15.4 Å². The second-order valence-electron chi connectivity index (χ2n) is 6.15. The number of benzene rings is 1. The molecular formula is C18H23N3O5S. The number of hydrogen-bond acceptors (Lipinski definition) is 5. The first-order valence-electron chi connectivity index (χ1n) is 8.35. The molecule has 0 fully saturated rings. The van der Waals surface area contributed by atoms with E-state index in [1.807, 2.05) is 13.8 Å². The average Bonchev–Trinajstić information content (AvgIpc) is 3.15. The van der Waals surface area contributed by atoms with E-state index < -0.39 is 28.4 Å². The lowest BCUT2D eigenvalue weighted by Gasteiger charge is -2.12. The van der Waals surface area contributed by atoms with Gasteiger partial charge in [-0.25, -0.2) is 13.1 Å². The van der Waals surface area contributed by atoms with Gasteiger partial charge in [-0.1, -0.05) is 6.07 Å². The van der Waals surface area contributed by atoms with Crippen LogP contribution in [0.5, 0.6) is 0 Å². The first-order valence-corrected chi connectivity index (χ1v) is 9.84. The summed E-state index contributed by atoms with van der Waals surface area (Å²) in [4.78, 5) is 23.7. The van der Waals surface area contributed by atoms with Gasteiger partial charge in [-0.3, -0.25) is 9.59 Å². The smallest absolute Gasteiger partial charge is 0.241 e. The molecule has 2 aromatic rings. The number of furan rings is 1. The van der Waals surface area contributed by atoms with Crippen LogP contribution in [0.15, 0.2) is 45.9 Å². The third-order valence-electron chi connectivity index (χ3n) is 4.00. The second-order valence-corrected chi connectivity index (χ2v) is 7.92. The zero-order chi connectivity index (χ0) is 20.0. The Morgan fingerprint density at radius 1 is 1.07 bits per heavy atom. The Morgan fingerprint density at radius 2 is 1.81 bits per heavy atom. The van der Waals surface area contributed by atoms with Crippen molar-refractivity contribution in [2.24, 2.45) is 0 Å². The minimum atomic E-state index is -3.81. The molecule has 146 valence electrons. The lowest BCUT2D eigenvalue weighted by molar-refractivity contribution is -0.125. The molecule has 0 saturated heterocycles. The van der Waals surface area contributed by atoms with Gasteiger partial charge in [0.15, 0.2) is 0 Å². The highest BCUT2D eigenvalue weighted by Gasteiger charge is 2.17. The fourth-order valence-corrected chi connectivity index (χ4v) is 3.33. The zero-order valence-corrected chi connectivity index (χ0v) is 16.2. The van der Waals surface area contributed by atoms with E-state index in [9.17, 15) is 18.0 Å². The molecule has 0 saturated carbocycles. The molecule has 0 unspecified atom stereocenters. The summed E-state index contributed by atoms with van der Waals surface area (Å²) >= 11 is 0. The molecule has 2 rings (SSSR count). The van der Waals surface area contributed by atoms with Gasteiger partial charge in [0, 0.05) is 0 Å². The fourth-order valence-electron chi connectivity index (χ4n) is 2.27. The van der Waals surface area contributed by atoms with Crippen molar-refractivity contribution in [3.63, 3.8) is 0 Å². The van der Waals surface area contributed by atoms with Crippen molar-refractivity contribution in [1.82, 2.24) is 15.4 Å². The summed E-state index contributed by atoms with van der Waals surface area (Å²) in [5.41, 5.74) is 1.81. The predicted octanol–water partition coefficient (Wildman–Crippen LogP) is 1.17. The van der Waals surface area contributed by atoms with E-state index in [1.165, 1.54) is 12.3 Å². The third-order valence-corrected chi connectivity index (χ3v) is 5.40. The van der Waals surface area contributed by atoms with Crippen LogP contribution in [-0.4, -0.2) is 33.3 Å². The van der Waals surface area contributed by atoms with Crippen LogP contribution >= 0.6 is 0 Å². The number of rotatable bonds is 8. The number of carbonyl (C=O) groups excluding carboxylic acids is 2. The Kier molecular flexibility index (Phi) is 6.75. The van der Waals surface area contributed by atoms with Crippen molar-refractivity contribution in [2.75, 3.05) is 13.1 Å². The summed E-state index contributed by atoms with van der Waals surface area (Å²) in [5, 5.41) is 5.03. The molecule has 27 heavy (non-hydrogen) atoms. The first kappa shape index (κ1) is 20.7. The minimum absolute atomic E-state index is 0.0865. The molecule has 1 aromatic heterocycles. The number of sulfonamides is 1. The van der Waals surface area contributed by atoms with Gasteiger partial charge in [0.1, 0.15) is 5.76 Å².